The molecule has 0 fully saturated rings. The van der Waals surface area contributed by atoms with E-state index < -0.39 is 23.7 Å². The van der Waals surface area contributed by atoms with Gasteiger partial charge in [-0.25, -0.2) is 14.6 Å². The van der Waals surface area contributed by atoms with E-state index in [1.165, 1.54) is 0 Å². The molecule has 0 bridgehead atoms. The smallest absolute Gasteiger partial charge is 0.408 e. The number of ether oxygens (including phenoxy) is 1. The highest BCUT2D eigenvalue weighted by Crippen LogP contribution is 2.24. The molecule has 1 aromatic heterocycles. The molecule has 0 saturated heterocycles. The lowest BCUT2D eigenvalue weighted by Crippen LogP contribution is -2.44. The number of carbonyl (C=O) groups is 2. The van der Waals surface area contributed by atoms with Crippen LogP contribution in [-0.4, -0.2) is 33.8 Å². The lowest BCUT2D eigenvalue weighted by molar-refractivity contribution is -0.139. The Morgan fingerprint density at radius 3 is 2.70 bits per heavy atom. The van der Waals surface area contributed by atoms with Crippen LogP contribution in [-0.2, 0) is 16.0 Å². The number of nitrogens with zero attached hydrogens (tertiary/aromatic N) is 1. The number of para-hydroxylation sites is 1. The first-order chi connectivity index (χ1) is 10.7. The Morgan fingerprint density at radius 1 is 1.43 bits per heavy atom. The van der Waals surface area contributed by atoms with Gasteiger partial charge in [0.25, 0.3) is 0 Å². The van der Waals surface area contributed by atoms with Gasteiger partial charge in [-0.1, -0.05) is 6.07 Å². The predicted octanol–water partition coefficient (Wildman–Crippen LogP) is 3.11. The second-order valence-corrected chi connectivity index (χ2v) is 6.79. The van der Waals surface area contributed by atoms with Crippen LogP contribution >= 0.6 is 15.9 Å². The number of halogens is 1. The number of carboxylic acids is 1. The number of carbonyl (C=O) groups excluding carboxylic acids is 1. The van der Waals surface area contributed by atoms with Gasteiger partial charge < -0.3 is 19.6 Å². The van der Waals surface area contributed by atoms with Gasteiger partial charge in [0.05, 0.1) is 6.42 Å². The maximum atomic E-state index is 11.7. The van der Waals surface area contributed by atoms with E-state index in [4.69, 9.17) is 9.15 Å². The highest BCUT2D eigenvalue weighted by atomic mass is 79.9. The van der Waals surface area contributed by atoms with Crippen molar-refractivity contribution >= 4 is 39.1 Å². The largest absolute Gasteiger partial charge is 0.480 e. The summed E-state index contributed by atoms with van der Waals surface area (Å²) in [5, 5.41) is 11.6. The third-order valence-electron chi connectivity index (χ3n) is 2.78. The van der Waals surface area contributed by atoms with Gasteiger partial charge in [-0.05, 0) is 48.8 Å². The number of benzene rings is 1. The van der Waals surface area contributed by atoms with Crippen LogP contribution in [0.3, 0.4) is 0 Å². The molecular formula is C15H17BrN2O5. The van der Waals surface area contributed by atoms with Crippen molar-refractivity contribution in [3.05, 3.63) is 28.6 Å². The Labute approximate surface area is 141 Å². The fraction of sp³-hybridized carbons (Fsp3) is 0.400. The lowest BCUT2D eigenvalue weighted by atomic mass is 10.2. The highest BCUT2D eigenvalue weighted by Gasteiger charge is 2.26. The first-order valence-corrected chi connectivity index (χ1v) is 7.71. The number of aromatic nitrogens is 1. The molecule has 0 radical (unpaired) electrons. The summed E-state index contributed by atoms with van der Waals surface area (Å²) < 4.78 is 11.3. The van der Waals surface area contributed by atoms with E-state index in [-0.39, 0.29) is 12.3 Å². The zero-order valence-corrected chi connectivity index (χ0v) is 14.5. The van der Waals surface area contributed by atoms with Gasteiger partial charge in [0.1, 0.15) is 17.2 Å². The Bertz CT molecular complexity index is 735. The van der Waals surface area contributed by atoms with Gasteiger partial charge in [-0.3, -0.25) is 0 Å². The molecule has 1 atom stereocenters. The molecule has 124 valence electrons. The second-order valence-electron chi connectivity index (χ2n) is 5.94. The van der Waals surface area contributed by atoms with Crippen LogP contribution in [0.15, 0.2) is 27.1 Å². The van der Waals surface area contributed by atoms with Crippen LogP contribution in [0.1, 0.15) is 26.7 Å². The molecule has 0 saturated carbocycles. The van der Waals surface area contributed by atoms with Crippen molar-refractivity contribution in [3.8, 4) is 0 Å². The number of alkyl carbamates (subject to hydrolysis) is 1. The molecule has 23 heavy (non-hydrogen) atoms. The monoisotopic (exact) mass is 384 g/mol. The standard InChI is InChI=1S/C15H17BrN2O5/c1-15(2,3)23-14(21)17-9(13(19)20)7-11-18-12-8(16)5-4-6-10(12)22-11/h4-6,9H,7H2,1-3H3,(H,17,21)(H,19,20). The second kappa shape index (κ2) is 6.57. The van der Waals surface area contributed by atoms with Gasteiger partial charge in [0.15, 0.2) is 11.5 Å². The Kier molecular flexibility index (Phi) is 4.93. The van der Waals surface area contributed by atoms with E-state index >= 15 is 0 Å². The molecule has 0 aliphatic rings. The number of amides is 1. The maximum absolute atomic E-state index is 11.7. The fourth-order valence-corrected chi connectivity index (χ4v) is 2.31. The number of rotatable bonds is 4. The quantitative estimate of drug-likeness (QED) is 0.839. The molecule has 0 aliphatic heterocycles. The van der Waals surface area contributed by atoms with Crippen molar-refractivity contribution in [3.63, 3.8) is 0 Å². The van der Waals surface area contributed by atoms with Crippen molar-refractivity contribution in [2.45, 2.75) is 38.8 Å². The summed E-state index contributed by atoms with van der Waals surface area (Å²) in [5.74, 6) is -0.979. The van der Waals surface area contributed by atoms with Gasteiger partial charge >= 0.3 is 12.1 Å². The summed E-state index contributed by atoms with van der Waals surface area (Å²) in [6.07, 6.45) is -0.891. The molecule has 2 rings (SSSR count). The third kappa shape index (κ3) is 4.69. The molecule has 2 N–H and O–H groups in total. The highest BCUT2D eigenvalue weighted by molar-refractivity contribution is 9.10. The molecule has 1 aromatic carbocycles. The average molecular weight is 385 g/mol. The fourth-order valence-electron chi connectivity index (χ4n) is 1.87. The van der Waals surface area contributed by atoms with Crippen LogP contribution in [0.5, 0.6) is 0 Å². The van der Waals surface area contributed by atoms with E-state index in [0.29, 0.717) is 11.1 Å². The summed E-state index contributed by atoms with van der Waals surface area (Å²) >= 11 is 3.35. The number of hydrogen-bond donors (Lipinski definition) is 2. The van der Waals surface area contributed by atoms with Crippen LogP contribution in [0, 0.1) is 0 Å². The normalized spacial score (nSPS) is 12.9. The molecule has 8 heteroatoms. The Balaban J connectivity index is 2.13. The van der Waals surface area contributed by atoms with Crippen LogP contribution < -0.4 is 5.32 Å². The minimum Gasteiger partial charge on any atom is -0.480 e. The van der Waals surface area contributed by atoms with E-state index in [0.717, 1.165) is 4.47 Å². The number of fused-ring (bicyclic) bond motifs is 1. The number of carboxylic acid groups (broad SMARTS) is 1. The third-order valence-corrected chi connectivity index (χ3v) is 3.42. The van der Waals surface area contributed by atoms with E-state index in [9.17, 15) is 14.7 Å². The topological polar surface area (TPSA) is 102 Å². The summed E-state index contributed by atoms with van der Waals surface area (Å²) in [4.78, 5) is 27.3. The van der Waals surface area contributed by atoms with Crippen molar-refractivity contribution in [2.24, 2.45) is 0 Å². The predicted molar refractivity (Wildman–Crippen MR) is 86.2 cm³/mol. The molecule has 1 amide bonds. The van der Waals surface area contributed by atoms with Gasteiger partial charge in [0, 0.05) is 4.47 Å². The Morgan fingerprint density at radius 2 is 2.13 bits per heavy atom. The molecule has 0 spiro atoms. The minimum atomic E-state index is -1.20. The van der Waals surface area contributed by atoms with E-state index in [2.05, 4.69) is 26.2 Å². The summed E-state index contributed by atoms with van der Waals surface area (Å²) in [5.41, 5.74) is 0.426. The van der Waals surface area contributed by atoms with Gasteiger partial charge in [-0.2, -0.15) is 0 Å². The van der Waals surface area contributed by atoms with E-state index in [1.54, 1.807) is 32.9 Å². The molecular weight excluding hydrogens is 368 g/mol. The maximum Gasteiger partial charge on any atom is 0.408 e. The number of oxazole rings is 1. The molecule has 1 unspecified atom stereocenters. The molecule has 0 aliphatic carbocycles. The van der Waals surface area contributed by atoms with Crippen molar-refractivity contribution in [2.75, 3.05) is 0 Å². The number of hydrogen-bond acceptors (Lipinski definition) is 5. The first kappa shape index (κ1) is 17.3. The Hall–Kier alpha value is -2.09. The number of aliphatic carboxylic acids is 1. The molecule has 1 heterocycles. The zero-order valence-electron chi connectivity index (χ0n) is 12.9. The minimum absolute atomic E-state index is 0.0876. The van der Waals surface area contributed by atoms with Crippen LogP contribution in [0.2, 0.25) is 0 Å². The molecule has 7 nitrogen and oxygen atoms in total. The first-order valence-electron chi connectivity index (χ1n) is 6.92. The average Bonchev–Trinajstić information content (AvgIpc) is 2.79. The van der Waals surface area contributed by atoms with Crippen molar-refractivity contribution in [1.82, 2.24) is 10.3 Å². The van der Waals surface area contributed by atoms with Crippen molar-refractivity contribution < 1.29 is 23.8 Å². The zero-order chi connectivity index (χ0) is 17.2. The summed E-state index contributed by atoms with van der Waals surface area (Å²) in [7, 11) is 0. The number of nitrogens with one attached hydrogen (secondary N) is 1. The van der Waals surface area contributed by atoms with Crippen molar-refractivity contribution in [1.29, 1.82) is 0 Å². The SMILES string of the molecule is CC(C)(C)OC(=O)NC(Cc1nc2c(Br)cccc2o1)C(=O)O. The van der Waals surface area contributed by atoms with Gasteiger partial charge in [0.2, 0.25) is 0 Å². The molecule has 2 aromatic rings. The van der Waals surface area contributed by atoms with Crippen LogP contribution in [0.25, 0.3) is 11.1 Å². The summed E-state index contributed by atoms with van der Waals surface area (Å²) in [6.45, 7) is 5.09. The van der Waals surface area contributed by atoms with E-state index in [1.807, 2.05) is 6.07 Å². The lowest BCUT2D eigenvalue weighted by Gasteiger charge is -2.21. The van der Waals surface area contributed by atoms with Crippen LogP contribution in [0.4, 0.5) is 4.79 Å². The van der Waals surface area contributed by atoms with Gasteiger partial charge in [-0.15, -0.1) is 0 Å². The summed E-state index contributed by atoms with van der Waals surface area (Å²) in [6, 6.07) is 4.13.